The highest BCUT2D eigenvalue weighted by molar-refractivity contribution is 7.90. The van der Waals surface area contributed by atoms with Crippen LogP contribution in [0.5, 0.6) is 0 Å². The van der Waals surface area contributed by atoms with Crippen LogP contribution in [-0.2, 0) is 9.84 Å². The molecule has 0 saturated heterocycles. The summed E-state index contributed by atoms with van der Waals surface area (Å²) in [5, 5.41) is 3.53. The first-order chi connectivity index (χ1) is 9.10. The average Bonchev–Trinajstić information content (AvgIpc) is 2.23. The molecule has 0 unspecified atom stereocenters. The zero-order valence-corrected chi connectivity index (χ0v) is 13.7. The molecule has 20 heavy (non-hydrogen) atoms. The Balaban J connectivity index is 2.95. The first-order valence-corrected chi connectivity index (χ1v) is 8.92. The predicted molar refractivity (Wildman–Crippen MR) is 81.3 cm³/mol. The van der Waals surface area contributed by atoms with Gasteiger partial charge in [0.2, 0.25) is 0 Å². The summed E-state index contributed by atoms with van der Waals surface area (Å²) in [6.07, 6.45) is 1.19. The normalized spacial score (nSPS) is 15.3. The van der Waals surface area contributed by atoms with Crippen molar-refractivity contribution >= 4 is 21.4 Å². The molecule has 2 atom stereocenters. The third-order valence-corrected chi connectivity index (χ3v) is 4.32. The summed E-state index contributed by atoms with van der Waals surface area (Å²) in [7, 11) is -3.07. The zero-order chi connectivity index (χ0) is 15.5. The van der Waals surface area contributed by atoms with E-state index in [9.17, 15) is 12.8 Å². The Morgan fingerprint density at radius 1 is 1.30 bits per heavy atom. The minimum atomic E-state index is -3.07. The second-order valence-corrected chi connectivity index (χ2v) is 8.17. The molecular formula is C14H21ClFNO2S. The van der Waals surface area contributed by atoms with Crippen LogP contribution in [0, 0.1) is 11.7 Å². The van der Waals surface area contributed by atoms with Crippen molar-refractivity contribution < 1.29 is 12.8 Å². The monoisotopic (exact) mass is 321 g/mol. The molecule has 0 fully saturated rings. The van der Waals surface area contributed by atoms with Gasteiger partial charge in [-0.3, -0.25) is 0 Å². The van der Waals surface area contributed by atoms with Crippen LogP contribution < -0.4 is 5.32 Å². The maximum atomic E-state index is 14.0. The summed E-state index contributed by atoms with van der Waals surface area (Å²) < 4.78 is 36.6. The van der Waals surface area contributed by atoms with Crippen molar-refractivity contribution in [3.63, 3.8) is 0 Å². The van der Waals surface area contributed by atoms with Gasteiger partial charge in [0, 0.05) is 28.9 Å². The lowest BCUT2D eigenvalue weighted by Crippen LogP contribution is -2.38. The van der Waals surface area contributed by atoms with Crippen LogP contribution in [0.2, 0.25) is 5.02 Å². The first-order valence-electron chi connectivity index (χ1n) is 6.49. The lowest BCUT2D eigenvalue weighted by atomic mass is 9.95. The molecule has 0 bridgehead atoms. The van der Waals surface area contributed by atoms with Gasteiger partial charge in [-0.25, -0.2) is 12.8 Å². The summed E-state index contributed by atoms with van der Waals surface area (Å²) in [5.74, 6) is -0.242. The second-order valence-electron chi connectivity index (χ2n) is 5.55. The summed E-state index contributed by atoms with van der Waals surface area (Å²) in [5.41, 5.74) is 0.504. The number of hydrogen-bond acceptors (Lipinski definition) is 3. The van der Waals surface area contributed by atoms with Gasteiger partial charge in [-0.05, 0) is 25.0 Å². The number of halogens is 2. The molecule has 0 saturated carbocycles. The van der Waals surface area contributed by atoms with E-state index in [1.165, 1.54) is 12.3 Å². The standard InChI is InChI=1S/C14H21ClFNO2S/c1-9(2)14(17-10(3)8-20(4,18)19)12-6-5-11(15)7-13(12)16/h5-7,9-10,14,17H,8H2,1-4H3/t10-,14-/m1/s1. The Morgan fingerprint density at radius 2 is 1.90 bits per heavy atom. The van der Waals surface area contributed by atoms with Gasteiger partial charge < -0.3 is 5.32 Å². The van der Waals surface area contributed by atoms with E-state index < -0.39 is 9.84 Å². The molecule has 114 valence electrons. The quantitative estimate of drug-likeness (QED) is 0.875. The fourth-order valence-corrected chi connectivity index (χ4v) is 3.37. The second kappa shape index (κ2) is 6.87. The van der Waals surface area contributed by atoms with Gasteiger partial charge in [-0.15, -0.1) is 0 Å². The predicted octanol–water partition coefficient (Wildman–Crippen LogP) is 3.20. The van der Waals surface area contributed by atoms with E-state index in [1.807, 2.05) is 13.8 Å². The number of benzene rings is 1. The number of sulfone groups is 1. The molecule has 1 rings (SSSR count). The maximum absolute atomic E-state index is 14.0. The largest absolute Gasteiger partial charge is 0.306 e. The summed E-state index contributed by atoms with van der Waals surface area (Å²) in [6.45, 7) is 5.70. The summed E-state index contributed by atoms with van der Waals surface area (Å²) in [4.78, 5) is 0. The van der Waals surface area contributed by atoms with E-state index in [1.54, 1.807) is 19.1 Å². The van der Waals surface area contributed by atoms with E-state index in [0.29, 0.717) is 10.6 Å². The van der Waals surface area contributed by atoms with Crippen molar-refractivity contribution in [1.29, 1.82) is 0 Å². The molecular weight excluding hydrogens is 301 g/mol. The van der Waals surface area contributed by atoms with Crippen LogP contribution in [0.15, 0.2) is 18.2 Å². The van der Waals surface area contributed by atoms with E-state index >= 15 is 0 Å². The topological polar surface area (TPSA) is 46.2 Å². The third kappa shape index (κ3) is 5.38. The lowest BCUT2D eigenvalue weighted by molar-refractivity contribution is 0.370. The molecule has 0 spiro atoms. The minimum absolute atomic E-state index is 0.0193. The molecule has 1 aromatic rings. The highest BCUT2D eigenvalue weighted by Gasteiger charge is 2.22. The molecule has 6 heteroatoms. The molecule has 3 nitrogen and oxygen atoms in total. The molecule has 0 amide bonds. The van der Waals surface area contributed by atoms with Gasteiger partial charge in [-0.1, -0.05) is 31.5 Å². The van der Waals surface area contributed by atoms with Gasteiger partial charge in [0.25, 0.3) is 0 Å². The van der Waals surface area contributed by atoms with E-state index in [4.69, 9.17) is 11.6 Å². The molecule has 1 N–H and O–H groups in total. The first kappa shape index (κ1) is 17.4. The van der Waals surface area contributed by atoms with Crippen LogP contribution in [-0.4, -0.2) is 26.5 Å². The molecule has 0 heterocycles. The minimum Gasteiger partial charge on any atom is -0.306 e. The van der Waals surface area contributed by atoms with E-state index in [0.717, 1.165) is 0 Å². The van der Waals surface area contributed by atoms with Crippen molar-refractivity contribution in [2.45, 2.75) is 32.9 Å². The van der Waals surface area contributed by atoms with Crippen LogP contribution in [0.1, 0.15) is 32.4 Å². The van der Waals surface area contributed by atoms with Gasteiger partial charge >= 0.3 is 0 Å². The smallest absolute Gasteiger partial charge is 0.148 e. The fraction of sp³-hybridized carbons (Fsp3) is 0.571. The molecule has 0 aliphatic carbocycles. The Bertz CT molecular complexity index is 560. The lowest BCUT2D eigenvalue weighted by Gasteiger charge is -2.27. The van der Waals surface area contributed by atoms with Crippen molar-refractivity contribution in [2.24, 2.45) is 5.92 Å². The summed E-state index contributed by atoms with van der Waals surface area (Å²) >= 11 is 5.75. The molecule has 0 radical (unpaired) electrons. The Morgan fingerprint density at radius 3 is 2.35 bits per heavy atom. The molecule has 0 aromatic heterocycles. The Kier molecular flexibility index (Phi) is 5.98. The SMILES string of the molecule is CC(C)[C@@H](N[C@H](C)CS(C)(=O)=O)c1ccc(Cl)cc1F. The van der Waals surface area contributed by atoms with Gasteiger partial charge in [0.15, 0.2) is 0 Å². The fourth-order valence-electron chi connectivity index (χ4n) is 2.20. The van der Waals surface area contributed by atoms with Crippen molar-refractivity contribution in [3.05, 3.63) is 34.6 Å². The zero-order valence-electron chi connectivity index (χ0n) is 12.2. The maximum Gasteiger partial charge on any atom is 0.148 e. The number of hydrogen-bond donors (Lipinski definition) is 1. The van der Waals surface area contributed by atoms with Gasteiger partial charge in [0.05, 0.1) is 5.75 Å². The van der Waals surface area contributed by atoms with Crippen molar-refractivity contribution in [1.82, 2.24) is 5.32 Å². The highest BCUT2D eigenvalue weighted by atomic mass is 35.5. The van der Waals surface area contributed by atoms with Crippen LogP contribution >= 0.6 is 11.6 Å². The highest BCUT2D eigenvalue weighted by Crippen LogP contribution is 2.26. The van der Waals surface area contributed by atoms with Gasteiger partial charge in [0.1, 0.15) is 15.7 Å². The number of rotatable bonds is 6. The number of nitrogens with one attached hydrogen (secondary N) is 1. The van der Waals surface area contributed by atoms with Gasteiger partial charge in [-0.2, -0.15) is 0 Å². The Hall–Kier alpha value is -0.650. The Labute approximate surface area is 125 Å². The average molecular weight is 322 g/mol. The molecule has 1 aromatic carbocycles. The van der Waals surface area contributed by atoms with Crippen LogP contribution in [0.4, 0.5) is 4.39 Å². The molecule has 0 aliphatic rings. The molecule has 0 aliphatic heterocycles. The van der Waals surface area contributed by atoms with E-state index in [-0.39, 0.29) is 29.6 Å². The third-order valence-electron chi connectivity index (χ3n) is 2.98. The van der Waals surface area contributed by atoms with E-state index in [2.05, 4.69) is 5.32 Å². The van der Waals surface area contributed by atoms with Crippen molar-refractivity contribution in [2.75, 3.05) is 12.0 Å². The summed E-state index contributed by atoms with van der Waals surface area (Å²) in [6, 6.07) is 4.03. The van der Waals surface area contributed by atoms with Crippen molar-refractivity contribution in [3.8, 4) is 0 Å². The van der Waals surface area contributed by atoms with Crippen LogP contribution in [0.25, 0.3) is 0 Å². The van der Waals surface area contributed by atoms with Crippen LogP contribution in [0.3, 0.4) is 0 Å².